The first kappa shape index (κ1) is 13.2. The van der Waals surface area contributed by atoms with Gasteiger partial charge in [0.05, 0.1) is 12.2 Å². The summed E-state index contributed by atoms with van der Waals surface area (Å²) in [5.74, 6) is -0.417. The Kier molecular flexibility index (Phi) is 4.65. The number of ether oxygens (including phenoxy) is 1. The number of nitrogens with zero attached hydrogens (tertiary/aromatic N) is 1. The summed E-state index contributed by atoms with van der Waals surface area (Å²) >= 11 is 0. The Balaban J connectivity index is 2.26. The van der Waals surface area contributed by atoms with Crippen LogP contribution < -0.4 is 5.32 Å². The normalized spacial score (nSPS) is 10.2. The molecule has 0 aliphatic heterocycles. The lowest BCUT2D eigenvalue weighted by Crippen LogP contribution is -2.28. The first-order valence-electron chi connectivity index (χ1n) is 4.98. The fourth-order valence-electron chi connectivity index (χ4n) is 1.07. The van der Waals surface area contributed by atoms with Gasteiger partial charge in [-0.25, -0.2) is 9.78 Å². The summed E-state index contributed by atoms with van der Waals surface area (Å²) in [5.41, 5.74) is 0.774. The molecule has 1 aromatic rings. The number of oxazole rings is 1. The highest BCUT2D eigenvalue weighted by Gasteiger charge is 2.08. The van der Waals surface area contributed by atoms with Gasteiger partial charge in [-0.05, 0) is 13.8 Å². The summed E-state index contributed by atoms with van der Waals surface area (Å²) in [7, 11) is 0. The number of nitrogens with one attached hydrogen (secondary N) is 1. The number of hydrogen-bond acceptors (Lipinski definition) is 5. The van der Waals surface area contributed by atoms with Crippen molar-refractivity contribution < 1.29 is 23.8 Å². The Labute approximate surface area is 97.8 Å². The standard InChI is InChI=1S/C10H14N2O5/c1-6-7(2)17-9(12-6)3-11-8(13)4-16-5-10(14)15/h3-5H2,1-2H3,(H,11,13)(H,14,15). The number of aliphatic carboxylic acids is 1. The predicted octanol–water partition coefficient (Wildman–Crippen LogP) is 0.00884. The van der Waals surface area contributed by atoms with Crippen molar-refractivity contribution in [2.45, 2.75) is 20.4 Å². The van der Waals surface area contributed by atoms with Gasteiger partial charge in [0.1, 0.15) is 19.0 Å². The SMILES string of the molecule is Cc1nc(CNC(=O)COCC(=O)O)oc1C. The number of carbonyl (C=O) groups excluding carboxylic acids is 1. The molecule has 7 heteroatoms. The number of carboxylic acids is 1. The first-order chi connectivity index (χ1) is 7.99. The molecular weight excluding hydrogens is 228 g/mol. The van der Waals surface area contributed by atoms with Crippen molar-refractivity contribution in [2.24, 2.45) is 0 Å². The maximum Gasteiger partial charge on any atom is 0.329 e. The molecule has 0 bridgehead atoms. The number of aryl methyl sites for hydroxylation is 2. The molecule has 0 unspecified atom stereocenters. The number of rotatable bonds is 6. The minimum absolute atomic E-state index is 0.157. The zero-order chi connectivity index (χ0) is 12.8. The van der Waals surface area contributed by atoms with Gasteiger partial charge in [0.15, 0.2) is 0 Å². The average molecular weight is 242 g/mol. The summed E-state index contributed by atoms with van der Waals surface area (Å²) in [6, 6.07) is 0. The van der Waals surface area contributed by atoms with Crippen LogP contribution in [0.5, 0.6) is 0 Å². The van der Waals surface area contributed by atoms with Gasteiger partial charge in [0.25, 0.3) is 0 Å². The van der Waals surface area contributed by atoms with Crippen LogP contribution in [-0.2, 0) is 20.9 Å². The quantitative estimate of drug-likeness (QED) is 0.728. The van der Waals surface area contributed by atoms with Crippen molar-refractivity contribution in [1.29, 1.82) is 0 Å². The van der Waals surface area contributed by atoms with E-state index in [1.165, 1.54) is 0 Å². The van der Waals surface area contributed by atoms with E-state index in [-0.39, 0.29) is 13.2 Å². The average Bonchev–Trinajstić information content (AvgIpc) is 2.55. The molecule has 7 nitrogen and oxygen atoms in total. The van der Waals surface area contributed by atoms with E-state index in [4.69, 9.17) is 9.52 Å². The summed E-state index contributed by atoms with van der Waals surface area (Å²) in [4.78, 5) is 25.4. The van der Waals surface area contributed by atoms with Crippen LogP contribution in [0.3, 0.4) is 0 Å². The van der Waals surface area contributed by atoms with E-state index < -0.39 is 18.5 Å². The number of carboxylic acid groups (broad SMARTS) is 1. The highest BCUT2D eigenvalue weighted by atomic mass is 16.5. The second kappa shape index (κ2) is 6.00. The molecule has 0 spiro atoms. The van der Waals surface area contributed by atoms with Crippen LogP contribution in [-0.4, -0.2) is 35.2 Å². The largest absolute Gasteiger partial charge is 0.480 e. The van der Waals surface area contributed by atoms with Gasteiger partial charge in [-0.1, -0.05) is 0 Å². The Hall–Kier alpha value is -1.89. The maximum atomic E-state index is 11.2. The number of amides is 1. The van der Waals surface area contributed by atoms with Crippen molar-refractivity contribution in [3.8, 4) is 0 Å². The van der Waals surface area contributed by atoms with E-state index in [1.54, 1.807) is 13.8 Å². The van der Waals surface area contributed by atoms with E-state index >= 15 is 0 Å². The zero-order valence-electron chi connectivity index (χ0n) is 9.65. The lowest BCUT2D eigenvalue weighted by Gasteiger charge is -2.02. The van der Waals surface area contributed by atoms with Crippen LogP contribution in [0.2, 0.25) is 0 Å². The number of aromatic nitrogens is 1. The third-order valence-electron chi connectivity index (χ3n) is 1.97. The van der Waals surface area contributed by atoms with Crippen LogP contribution in [0.4, 0.5) is 0 Å². The minimum Gasteiger partial charge on any atom is -0.480 e. The highest BCUT2D eigenvalue weighted by Crippen LogP contribution is 2.07. The highest BCUT2D eigenvalue weighted by molar-refractivity contribution is 5.77. The maximum absolute atomic E-state index is 11.2. The molecule has 2 N–H and O–H groups in total. The molecule has 1 amide bonds. The molecule has 0 saturated heterocycles. The topological polar surface area (TPSA) is 102 Å². The van der Waals surface area contributed by atoms with Gasteiger partial charge in [-0.2, -0.15) is 0 Å². The molecule has 0 aliphatic carbocycles. The molecule has 0 aliphatic rings. The number of hydrogen-bond donors (Lipinski definition) is 2. The van der Waals surface area contributed by atoms with Crippen LogP contribution in [0.15, 0.2) is 4.42 Å². The smallest absolute Gasteiger partial charge is 0.329 e. The van der Waals surface area contributed by atoms with Crippen molar-refractivity contribution in [1.82, 2.24) is 10.3 Å². The van der Waals surface area contributed by atoms with Crippen LogP contribution in [0.25, 0.3) is 0 Å². The summed E-state index contributed by atoms with van der Waals surface area (Å²) in [6.07, 6.45) is 0. The van der Waals surface area contributed by atoms with Crippen molar-refractivity contribution >= 4 is 11.9 Å². The fourth-order valence-corrected chi connectivity index (χ4v) is 1.07. The minimum atomic E-state index is -1.11. The first-order valence-corrected chi connectivity index (χ1v) is 4.98. The molecule has 0 atom stereocenters. The molecule has 1 heterocycles. The molecule has 94 valence electrons. The predicted molar refractivity (Wildman–Crippen MR) is 56.3 cm³/mol. The molecule has 0 aromatic carbocycles. The van der Waals surface area contributed by atoms with Gasteiger partial charge in [-0.3, -0.25) is 4.79 Å². The van der Waals surface area contributed by atoms with Gasteiger partial charge in [0.2, 0.25) is 11.8 Å². The van der Waals surface area contributed by atoms with E-state index in [9.17, 15) is 9.59 Å². The molecule has 0 saturated carbocycles. The number of carbonyl (C=O) groups is 2. The molecular formula is C10H14N2O5. The van der Waals surface area contributed by atoms with Crippen LogP contribution in [0.1, 0.15) is 17.3 Å². The molecule has 1 aromatic heterocycles. The lowest BCUT2D eigenvalue weighted by atomic mass is 10.4. The second-order valence-corrected chi connectivity index (χ2v) is 3.41. The lowest BCUT2D eigenvalue weighted by molar-refractivity contribution is -0.143. The van der Waals surface area contributed by atoms with Gasteiger partial charge in [0, 0.05) is 0 Å². The summed E-state index contributed by atoms with van der Waals surface area (Å²) < 4.78 is 9.86. The van der Waals surface area contributed by atoms with Crippen molar-refractivity contribution in [3.63, 3.8) is 0 Å². The Morgan fingerprint density at radius 1 is 1.41 bits per heavy atom. The fraction of sp³-hybridized carbons (Fsp3) is 0.500. The third-order valence-corrected chi connectivity index (χ3v) is 1.97. The van der Waals surface area contributed by atoms with Crippen molar-refractivity contribution in [2.75, 3.05) is 13.2 Å². The molecule has 17 heavy (non-hydrogen) atoms. The van der Waals surface area contributed by atoms with E-state index in [2.05, 4.69) is 15.0 Å². The molecule has 0 radical (unpaired) electrons. The Bertz CT molecular complexity index is 393. The Morgan fingerprint density at radius 2 is 2.12 bits per heavy atom. The van der Waals surface area contributed by atoms with Gasteiger partial charge < -0.3 is 19.6 Å². The monoisotopic (exact) mass is 242 g/mol. The Morgan fingerprint density at radius 3 is 2.65 bits per heavy atom. The molecule has 1 rings (SSSR count). The summed E-state index contributed by atoms with van der Waals surface area (Å²) in [6.45, 7) is 2.95. The summed E-state index contributed by atoms with van der Waals surface area (Å²) in [5, 5.41) is 10.8. The third kappa shape index (κ3) is 4.64. The second-order valence-electron chi connectivity index (χ2n) is 3.41. The van der Waals surface area contributed by atoms with Gasteiger partial charge >= 0.3 is 5.97 Å². The van der Waals surface area contributed by atoms with E-state index in [1.807, 2.05) is 0 Å². The van der Waals surface area contributed by atoms with E-state index in [0.717, 1.165) is 5.69 Å². The zero-order valence-corrected chi connectivity index (χ0v) is 9.65. The van der Waals surface area contributed by atoms with Gasteiger partial charge in [-0.15, -0.1) is 0 Å². The molecule has 0 fully saturated rings. The van der Waals surface area contributed by atoms with Crippen LogP contribution in [0, 0.1) is 13.8 Å². The van der Waals surface area contributed by atoms with E-state index in [0.29, 0.717) is 11.7 Å². The van der Waals surface area contributed by atoms with Crippen molar-refractivity contribution in [3.05, 3.63) is 17.3 Å². The van der Waals surface area contributed by atoms with Crippen LogP contribution >= 0.6 is 0 Å².